The number of nitrogens with one attached hydrogen (secondary N) is 2. The van der Waals surface area contributed by atoms with Crippen LogP contribution in [0.25, 0.3) is 11.1 Å². The van der Waals surface area contributed by atoms with E-state index in [-0.39, 0.29) is 18.2 Å². The molecule has 2 amide bonds. The highest BCUT2D eigenvalue weighted by atomic mass is 19.4. The molecule has 0 aliphatic carbocycles. The van der Waals surface area contributed by atoms with Crippen molar-refractivity contribution in [2.45, 2.75) is 18.6 Å². The third-order valence-electron chi connectivity index (χ3n) is 5.33. The van der Waals surface area contributed by atoms with E-state index in [0.29, 0.717) is 16.8 Å². The van der Waals surface area contributed by atoms with Gasteiger partial charge in [-0.1, -0.05) is 30.3 Å². The molecule has 208 valence electrons. The van der Waals surface area contributed by atoms with E-state index >= 15 is 0 Å². The number of halogens is 3. The van der Waals surface area contributed by atoms with Crippen molar-refractivity contribution >= 4 is 23.6 Å². The zero-order valence-corrected chi connectivity index (χ0v) is 21.4. The summed E-state index contributed by atoms with van der Waals surface area (Å²) in [7, 11) is 3.24. The van der Waals surface area contributed by atoms with Crippen molar-refractivity contribution in [3.63, 3.8) is 0 Å². The van der Waals surface area contributed by atoms with Gasteiger partial charge in [-0.2, -0.15) is 18.4 Å². The fourth-order valence-corrected chi connectivity index (χ4v) is 3.37. The summed E-state index contributed by atoms with van der Waals surface area (Å²) in [5, 5.41) is 26.8. The van der Waals surface area contributed by atoms with Crippen LogP contribution in [-0.4, -0.2) is 64.9 Å². The summed E-state index contributed by atoms with van der Waals surface area (Å²) in [5.41, 5.74) is 9.08. The van der Waals surface area contributed by atoms with Gasteiger partial charge < -0.3 is 21.1 Å². The summed E-state index contributed by atoms with van der Waals surface area (Å²) in [4.78, 5) is 40.0. The van der Waals surface area contributed by atoms with Gasteiger partial charge in [0.1, 0.15) is 17.6 Å². The standard InChI is InChI=1S/C25H24N6O2.C2HF3O2/c1-31(2)25(33)22(14-16-11-12-29-21(13-16)23(27)28)30-24(32)18-9-7-17(8-10-18)20-6-4-3-5-19(20)15-26;3-2(4,5)1(6)7/h3-13,22H,14H2,1-2H3,(H3,27,28)(H,30,32);(H,6,7)/t22-;/m0./s1. The number of hydrogen-bond donors (Lipinski definition) is 4. The molecule has 5 N–H and O–H groups in total. The number of nitriles is 1. The number of amidine groups is 1. The molecule has 13 heteroatoms. The number of rotatable bonds is 7. The number of alkyl halides is 3. The molecule has 3 aromatic rings. The Morgan fingerprint density at radius 3 is 2.25 bits per heavy atom. The van der Waals surface area contributed by atoms with Gasteiger partial charge in [-0.25, -0.2) is 4.79 Å². The van der Waals surface area contributed by atoms with E-state index in [1.807, 2.05) is 12.1 Å². The lowest BCUT2D eigenvalue weighted by molar-refractivity contribution is -0.192. The number of nitrogens with zero attached hydrogens (tertiary/aromatic N) is 3. The van der Waals surface area contributed by atoms with Crippen molar-refractivity contribution in [3.8, 4) is 17.2 Å². The number of carboxylic acid groups (broad SMARTS) is 1. The van der Waals surface area contributed by atoms with Gasteiger partial charge in [0, 0.05) is 32.3 Å². The van der Waals surface area contributed by atoms with E-state index < -0.39 is 24.1 Å². The second-order valence-corrected chi connectivity index (χ2v) is 8.46. The maximum Gasteiger partial charge on any atom is 0.490 e. The van der Waals surface area contributed by atoms with Crippen LogP contribution in [0.5, 0.6) is 0 Å². The predicted molar refractivity (Wildman–Crippen MR) is 139 cm³/mol. The summed E-state index contributed by atoms with van der Waals surface area (Å²) in [6.45, 7) is 0. The second-order valence-electron chi connectivity index (χ2n) is 8.46. The molecule has 0 radical (unpaired) electrons. The Bertz CT molecular complexity index is 1430. The lowest BCUT2D eigenvalue weighted by Gasteiger charge is -2.22. The molecule has 0 bridgehead atoms. The van der Waals surface area contributed by atoms with Crippen LogP contribution in [-0.2, 0) is 16.0 Å². The Morgan fingerprint density at radius 2 is 1.73 bits per heavy atom. The molecule has 0 aliphatic heterocycles. The summed E-state index contributed by atoms with van der Waals surface area (Å²) in [5.74, 6) is -3.58. The van der Waals surface area contributed by atoms with Crippen molar-refractivity contribution < 1.29 is 32.7 Å². The van der Waals surface area contributed by atoms with Gasteiger partial charge >= 0.3 is 12.1 Å². The van der Waals surface area contributed by atoms with E-state index in [9.17, 15) is 28.0 Å². The maximum absolute atomic E-state index is 12.9. The van der Waals surface area contributed by atoms with Crippen LogP contribution in [0.4, 0.5) is 13.2 Å². The molecule has 0 saturated heterocycles. The Hall–Kier alpha value is -5.25. The molecule has 1 heterocycles. The number of aliphatic carboxylic acids is 1. The number of likely N-dealkylation sites (N-methyl/N-ethyl adjacent to an activating group) is 1. The number of hydrogen-bond acceptors (Lipinski definition) is 6. The van der Waals surface area contributed by atoms with E-state index in [1.54, 1.807) is 62.6 Å². The first-order valence-corrected chi connectivity index (χ1v) is 11.5. The number of amides is 2. The van der Waals surface area contributed by atoms with Crippen LogP contribution < -0.4 is 11.1 Å². The zero-order valence-electron chi connectivity index (χ0n) is 21.4. The zero-order chi connectivity index (χ0) is 30.0. The smallest absolute Gasteiger partial charge is 0.475 e. The fourth-order valence-electron chi connectivity index (χ4n) is 3.37. The first-order valence-electron chi connectivity index (χ1n) is 11.5. The molecule has 2 aromatic carbocycles. The summed E-state index contributed by atoms with van der Waals surface area (Å²) in [6, 6.07) is 18.8. The second kappa shape index (κ2) is 13.5. The Morgan fingerprint density at radius 1 is 1.12 bits per heavy atom. The molecule has 0 unspecified atom stereocenters. The molecule has 40 heavy (non-hydrogen) atoms. The van der Waals surface area contributed by atoms with Crippen LogP contribution in [0.15, 0.2) is 66.9 Å². The Balaban J connectivity index is 0.000000708. The highest BCUT2D eigenvalue weighted by Crippen LogP contribution is 2.23. The van der Waals surface area contributed by atoms with Gasteiger partial charge in [-0.15, -0.1) is 0 Å². The van der Waals surface area contributed by atoms with Gasteiger partial charge in [0.15, 0.2) is 0 Å². The third kappa shape index (κ3) is 8.66. The first-order chi connectivity index (χ1) is 18.7. The molecular formula is C27H25F3N6O4. The molecule has 0 fully saturated rings. The molecule has 1 aromatic heterocycles. The Labute approximate surface area is 227 Å². The minimum atomic E-state index is -5.08. The van der Waals surface area contributed by atoms with Gasteiger partial charge in [-0.05, 0) is 47.0 Å². The van der Waals surface area contributed by atoms with Gasteiger partial charge in [0.2, 0.25) is 5.91 Å². The van der Waals surface area contributed by atoms with E-state index in [0.717, 1.165) is 16.7 Å². The summed E-state index contributed by atoms with van der Waals surface area (Å²) in [6.07, 6.45) is -3.35. The minimum absolute atomic E-state index is 0.172. The molecule has 3 rings (SSSR count). The van der Waals surface area contributed by atoms with E-state index in [4.69, 9.17) is 21.0 Å². The average molecular weight is 555 g/mol. The quantitative estimate of drug-likeness (QED) is 0.257. The van der Waals surface area contributed by atoms with Crippen molar-refractivity contribution in [1.29, 1.82) is 10.7 Å². The number of nitrogen functional groups attached to an aromatic ring is 1. The van der Waals surface area contributed by atoms with Crippen LogP contribution in [0.3, 0.4) is 0 Å². The molecule has 10 nitrogen and oxygen atoms in total. The van der Waals surface area contributed by atoms with Gasteiger partial charge in [0.25, 0.3) is 5.91 Å². The van der Waals surface area contributed by atoms with Gasteiger partial charge in [0.05, 0.1) is 11.6 Å². The van der Waals surface area contributed by atoms with Crippen LogP contribution in [0.1, 0.15) is 27.2 Å². The van der Waals surface area contributed by atoms with Crippen molar-refractivity contribution in [1.82, 2.24) is 15.2 Å². The van der Waals surface area contributed by atoms with Crippen molar-refractivity contribution in [3.05, 3.63) is 89.2 Å². The lowest BCUT2D eigenvalue weighted by atomic mass is 9.99. The first kappa shape index (κ1) is 31.0. The third-order valence-corrected chi connectivity index (χ3v) is 5.33. The molecule has 1 atom stereocenters. The average Bonchev–Trinajstić information content (AvgIpc) is 2.92. The predicted octanol–water partition coefficient (Wildman–Crippen LogP) is 2.97. The number of aromatic nitrogens is 1. The normalized spacial score (nSPS) is 11.2. The molecule has 0 aliphatic rings. The fraction of sp³-hybridized carbons (Fsp3) is 0.185. The number of benzene rings is 2. The monoisotopic (exact) mass is 554 g/mol. The molecule has 0 saturated carbocycles. The number of pyridine rings is 1. The highest BCUT2D eigenvalue weighted by molar-refractivity contribution is 5.98. The van der Waals surface area contributed by atoms with Crippen molar-refractivity contribution in [2.75, 3.05) is 14.1 Å². The largest absolute Gasteiger partial charge is 0.490 e. The topological polar surface area (TPSA) is 173 Å². The van der Waals surface area contributed by atoms with Crippen LogP contribution in [0, 0.1) is 16.7 Å². The van der Waals surface area contributed by atoms with Crippen molar-refractivity contribution in [2.24, 2.45) is 5.73 Å². The van der Waals surface area contributed by atoms with E-state index in [2.05, 4.69) is 16.4 Å². The SMILES string of the molecule is CN(C)C(=O)[C@H](Cc1ccnc(C(=N)N)c1)NC(=O)c1ccc(-c2ccccc2C#N)cc1.O=C(O)C(F)(F)F. The summed E-state index contributed by atoms with van der Waals surface area (Å²) >= 11 is 0. The van der Waals surface area contributed by atoms with Crippen LogP contribution in [0.2, 0.25) is 0 Å². The van der Waals surface area contributed by atoms with Crippen LogP contribution >= 0.6 is 0 Å². The van der Waals surface area contributed by atoms with Gasteiger partial charge in [-0.3, -0.25) is 20.0 Å². The Kier molecular flexibility index (Phi) is 10.5. The number of carboxylic acids is 1. The number of carbonyl (C=O) groups is 3. The minimum Gasteiger partial charge on any atom is -0.475 e. The number of carbonyl (C=O) groups excluding carboxylic acids is 2. The lowest BCUT2D eigenvalue weighted by Crippen LogP contribution is -2.47. The number of nitrogens with two attached hydrogens (primary N) is 1. The summed E-state index contributed by atoms with van der Waals surface area (Å²) < 4.78 is 31.7. The van der Waals surface area contributed by atoms with E-state index in [1.165, 1.54) is 11.1 Å². The maximum atomic E-state index is 12.9. The molecular weight excluding hydrogens is 529 g/mol. The highest BCUT2D eigenvalue weighted by Gasteiger charge is 2.38. The molecule has 0 spiro atoms.